The molecule has 3 atom stereocenters. The smallest absolute Gasteiger partial charge is 0.310 e. The Morgan fingerprint density at radius 3 is 2.69 bits per heavy atom. The van der Waals surface area contributed by atoms with Crippen LogP contribution in [0.15, 0.2) is 22.8 Å². The van der Waals surface area contributed by atoms with Crippen LogP contribution in [-0.2, 0) is 14.3 Å². The Hall–Kier alpha value is -1.58. The van der Waals surface area contributed by atoms with Gasteiger partial charge in [-0.15, -0.1) is 0 Å². The standard InChI is InChI=1S/C12H14O4/c1-3-15-12(14)11-9(7(2)13)10(11)8-5-4-6-16-8/h4-6,9-11H,3H2,1-2H3/t9-,10-,11-/m0/s1. The zero-order valence-electron chi connectivity index (χ0n) is 9.30. The summed E-state index contributed by atoms with van der Waals surface area (Å²) in [5, 5.41) is 0. The van der Waals surface area contributed by atoms with Gasteiger partial charge in [-0.25, -0.2) is 0 Å². The average molecular weight is 222 g/mol. The Labute approximate surface area is 93.6 Å². The molecule has 1 aromatic heterocycles. The Morgan fingerprint density at radius 1 is 1.44 bits per heavy atom. The van der Waals surface area contributed by atoms with Crippen LogP contribution in [-0.4, -0.2) is 18.4 Å². The van der Waals surface area contributed by atoms with Crippen molar-refractivity contribution in [1.29, 1.82) is 0 Å². The summed E-state index contributed by atoms with van der Waals surface area (Å²) in [5.41, 5.74) is 0. The van der Waals surface area contributed by atoms with Gasteiger partial charge in [-0.05, 0) is 26.0 Å². The summed E-state index contributed by atoms with van der Waals surface area (Å²) in [7, 11) is 0. The highest BCUT2D eigenvalue weighted by Gasteiger charge is 2.60. The number of carbonyl (C=O) groups is 2. The van der Waals surface area contributed by atoms with E-state index >= 15 is 0 Å². The summed E-state index contributed by atoms with van der Waals surface area (Å²) >= 11 is 0. The maximum Gasteiger partial charge on any atom is 0.310 e. The number of esters is 1. The lowest BCUT2D eigenvalue weighted by Crippen LogP contribution is -2.10. The van der Waals surface area contributed by atoms with Crippen LogP contribution in [0.25, 0.3) is 0 Å². The van der Waals surface area contributed by atoms with E-state index in [2.05, 4.69) is 0 Å². The second kappa shape index (κ2) is 4.12. The third kappa shape index (κ3) is 1.75. The summed E-state index contributed by atoms with van der Waals surface area (Å²) < 4.78 is 10.2. The molecule has 0 spiro atoms. The van der Waals surface area contributed by atoms with E-state index in [9.17, 15) is 9.59 Å². The van der Waals surface area contributed by atoms with Gasteiger partial charge < -0.3 is 9.15 Å². The van der Waals surface area contributed by atoms with Crippen LogP contribution in [0.1, 0.15) is 25.5 Å². The van der Waals surface area contributed by atoms with Crippen LogP contribution >= 0.6 is 0 Å². The molecule has 4 nitrogen and oxygen atoms in total. The maximum atomic E-state index is 11.6. The molecule has 86 valence electrons. The molecule has 0 amide bonds. The van der Waals surface area contributed by atoms with Gasteiger partial charge in [0.25, 0.3) is 0 Å². The maximum absolute atomic E-state index is 11.6. The van der Waals surface area contributed by atoms with Crippen molar-refractivity contribution in [3.8, 4) is 0 Å². The molecule has 1 saturated carbocycles. The lowest BCUT2D eigenvalue weighted by molar-refractivity contribution is -0.145. The molecular formula is C12H14O4. The van der Waals surface area contributed by atoms with Crippen LogP contribution in [0.5, 0.6) is 0 Å². The van der Waals surface area contributed by atoms with E-state index in [0.717, 1.165) is 0 Å². The highest BCUT2D eigenvalue weighted by atomic mass is 16.5. The predicted molar refractivity (Wildman–Crippen MR) is 55.7 cm³/mol. The highest BCUT2D eigenvalue weighted by Crippen LogP contribution is 2.55. The second-order valence-corrected chi connectivity index (χ2v) is 3.96. The third-order valence-electron chi connectivity index (χ3n) is 2.92. The Balaban J connectivity index is 2.14. The van der Waals surface area contributed by atoms with Crippen molar-refractivity contribution < 1.29 is 18.7 Å². The Morgan fingerprint density at radius 2 is 2.19 bits per heavy atom. The van der Waals surface area contributed by atoms with Crippen molar-refractivity contribution in [1.82, 2.24) is 0 Å². The van der Waals surface area contributed by atoms with E-state index in [1.54, 1.807) is 25.3 Å². The van der Waals surface area contributed by atoms with Crippen molar-refractivity contribution in [3.63, 3.8) is 0 Å². The lowest BCUT2D eigenvalue weighted by Gasteiger charge is -1.98. The molecular weight excluding hydrogens is 208 g/mol. The third-order valence-corrected chi connectivity index (χ3v) is 2.92. The van der Waals surface area contributed by atoms with Crippen molar-refractivity contribution in [2.24, 2.45) is 11.8 Å². The molecule has 0 N–H and O–H groups in total. The normalized spacial score (nSPS) is 27.5. The van der Waals surface area contributed by atoms with Gasteiger partial charge in [-0.3, -0.25) is 9.59 Å². The van der Waals surface area contributed by atoms with E-state index in [-0.39, 0.29) is 29.5 Å². The number of Topliss-reactive ketones (excluding diaryl/α,β-unsaturated/α-hetero) is 1. The first-order valence-corrected chi connectivity index (χ1v) is 5.37. The van der Waals surface area contributed by atoms with Gasteiger partial charge in [0, 0.05) is 11.8 Å². The van der Waals surface area contributed by atoms with E-state index in [0.29, 0.717) is 12.4 Å². The highest BCUT2D eigenvalue weighted by molar-refractivity contribution is 5.92. The molecule has 0 radical (unpaired) electrons. The fraction of sp³-hybridized carbons (Fsp3) is 0.500. The number of ketones is 1. The van der Waals surface area contributed by atoms with Crippen molar-refractivity contribution >= 4 is 11.8 Å². The fourth-order valence-corrected chi connectivity index (χ4v) is 2.18. The Bertz CT molecular complexity index is 393. The van der Waals surface area contributed by atoms with Gasteiger partial charge in [0.1, 0.15) is 11.5 Å². The number of ether oxygens (including phenoxy) is 1. The topological polar surface area (TPSA) is 56.5 Å². The number of hydrogen-bond acceptors (Lipinski definition) is 4. The molecule has 16 heavy (non-hydrogen) atoms. The molecule has 1 fully saturated rings. The summed E-state index contributed by atoms with van der Waals surface area (Å²) in [5.74, 6) is -0.359. The molecule has 1 aliphatic rings. The van der Waals surface area contributed by atoms with E-state index in [4.69, 9.17) is 9.15 Å². The summed E-state index contributed by atoms with van der Waals surface area (Å²) in [6.45, 7) is 3.59. The minimum Gasteiger partial charge on any atom is -0.469 e. The second-order valence-electron chi connectivity index (χ2n) is 3.96. The van der Waals surface area contributed by atoms with E-state index < -0.39 is 0 Å². The van der Waals surface area contributed by atoms with Crippen molar-refractivity contribution in [2.45, 2.75) is 19.8 Å². The summed E-state index contributed by atoms with van der Waals surface area (Å²) in [6, 6.07) is 3.55. The van der Waals surface area contributed by atoms with Crippen LogP contribution in [0.2, 0.25) is 0 Å². The molecule has 0 aromatic carbocycles. The van der Waals surface area contributed by atoms with Gasteiger partial charge in [-0.2, -0.15) is 0 Å². The number of furan rings is 1. The molecule has 0 unspecified atom stereocenters. The quantitative estimate of drug-likeness (QED) is 0.728. The first kappa shape index (κ1) is 10.9. The number of rotatable bonds is 4. The molecule has 0 aliphatic heterocycles. The number of carbonyl (C=O) groups excluding carboxylic acids is 2. The summed E-state index contributed by atoms with van der Waals surface area (Å²) in [4.78, 5) is 23.0. The van der Waals surface area contributed by atoms with E-state index in [1.165, 1.54) is 6.92 Å². The molecule has 4 heteroatoms. The largest absolute Gasteiger partial charge is 0.469 e. The first-order chi connectivity index (χ1) is 7.66. The van der Waals surface area contributed by atoms with Crippen LogP contribution in [0.3, 0.4) is 0 Å². The minimum absolute atomic E-state index is 0.0134. The molecule has 1 aliphatic carbocycles. The fourth-order valence-electron chi connectivity index (χ4n) is 2.18. The monoisotopic (exact) mass is 222 g/mol. The van der Waals surface area contributed by atoms with Gasteiger partial charge in [0.2, 0.25) is 0 Å². The number of hydrogen-bond donors (Lipinski definition) is 0. The Kier molecular flexibility index (Phi) is 2.81. The van der Waals surface area contributed by atoms with Crippen LogP contribution in [0, 0.1) is 11.8 Å². The SMILES string of the molecule is CCOC(=O)[C@H]1[C@@H](C(C)=O)[C@@H]1c1ccco1. The molecule has 0 bridgehead atoms. The summed E-state index contributed by atoms with van der Waals surface area (Å²) in [6.07, 6.45) is 1.55. The van der Waals surface area contributed by atoms with Gasteiger partial charge >= 0.3 is 5.97 Å². The van der Waals surface area contributed by atoms with Gasteiger partial charge in [0.05, 0.1) is 18.8 Å². The zero-order valence-corrected chi connectivity index (χ0v) is 9.30. The van der Waals surface area contributed by atoms with Crippen molar-refractivity contribution in [2.75, 3.05) is 6.61 Å². The van der Waals surface area contributed by atoms with Gasteiger partial charge in [0.15, 0.2) is 0 Å². The predicted octanol–water partition coefficient (Wildman–Crippen LogP) is 1.76. The first-order valence-electron chi connectivity index (χ1n) is 5.37. The minimum atomic E-state index is -0.358. The molecule has 0 saturated heterocycles. The average Bonchev–Trinajstić information content (AvgIpc) is 2.76. The molecule has 1 heterocycles. The van der Waals surface area contributed by atoms with E-state index in [1.807, 2.05) is 0 Å². The van der Waals surface area contributed by atoms with Crippen molar-refractivity contribution in [3.05, 3.63) is 24.2 Å². The molecule has 1 aromatic rings. The van der Waals surface area contributed by atoms with Crippen LogP contribution < -0.4 is 0 Å². The lowest BCUT2D eigenvalue weighted by atomic mass is 10.2. The molecule has 2 rings (SSSR count). The van der Waals surface area contributed by atoms with Gasteiger partial charge in [-0.1, -0.05) is 0 Å². The zero-order chi connectivity index (χ0) is 11.7. The van der Waals surface area contributed by atoms with Crippen LogP contribution in [0.4, 0.5) is 0 Å².